The average Bonchev–Trinajstić information content (AvgIpc) is 2.41. The van der Waals surface area contributed by atoms with Gasteiger partial charge < -0.3 is 15.3 Å². The maximum atomic E-state index is 11.9. The van der Waals surface area contributed by atoms with E-state index in [-0.39, 0.29) is 12.3 Å². The van der Waals surface area contributed by atoms with Crippen molar-refractivity contribution in [2.75, 3.05) is 25.6 Å². The SMILES string of the molecule is CN(CCS(C)(=O)=O)C(=O)N[C@@H](C(=O)O)c1ccccc1. The zero-order valence-corrected chi connectivity index (χ0v) is 12.6. The lowest BCUT2D eigenvalue weighted by atomic mass is 10.1. The van der Waals surface area contributed by atoms with E-state index < -0.39 is 27.9 Å². The minimum Gasteiger partial charge on any atom is -0.479 e. The zero-order valence-electron chi connectivity index (χ0n) is 11.8. The van der Waals surface area contributed by atoms with Crippen molar-refractivity contribution in [1.29, 1.82) is 0 Å². The largest absolute Gasteiger partial charge is 0.479 e. The molecule has 0 aliphatic rings. The molecule has 0 heterocycles. The predicted octanol–water partition coefficient (Wildman–Crippen LogP) is 0.498. The second-order valence-corrected chi connectivity index (χ2v) is 6.94. The molecule has 1 aromatic rings. The number of hydrogen-bond donors (Lipinski definition) is 2. The number of sulfone groups is 1. The lowest BCUT2D eigenvalue weighted by molar-refractivity contribution is -0.139. The van der Waals surface area contributed by atoms with Crippen molar-refractivity contribution in [3.63, 3.8) is 0 Å². The van der Waals surface area contributed by atoms with Gasteiger partial charge in [-0.15, -0.1) is 0 Å². The number of rotatable bonds is 6. The molecule has 0 spiro atoms. The van der Waals surface area contributed by atoms with E-state index in [4.69, 9.17) is 0 Å². The smallest absolute Gasteiger partial charge is 0.330 e. The summed E-state index contributed by atoms with van der Waals surface area (Å²) in [5, 5.41) is 11.5. The molecule has 1 rings (SSSR count). The number of carboxylic acids is 1. The number of carbonyl (C=O) groups excluding carboxylic acids is 1. The third kappa shape index (κ3) is 5.82. The predicted molar refractivity (Wildman–Crippen MR) is 77.7 cm³/mol. The second kappa shape index (κ2) is 7.07. The van der Waals surface area contributed by atoms with Crippen LogP contribution < -0.4 is 5.32 Å². The number of carboxylic acid groups (broad SMARTS) is 1. The maximum Gasteiger partial charge on any atom is 0.330 e. The standard InChI is InChI=1S/C13H18N2O5S/c1-15(8-9-21(2,19)20)13(18)14-11(12(16)17)10-6-4-3-5-7-10/h3-7,11H,8-9H2,1-2H3,(H,14,18)(H,16,17)/t11-/m1/s1. The Hall–Kier alpha value is -2.09. The normalized spacial score (nSPS) is 12.5. The van der Waals surface area contributed by atoms with E-state index in [1.807, 2.05) is 0 Å². The number of carbonyl (C=O) groups is 2. The number of aliphatic carboxylic acids is 1. The molecule has 0 unspecified atom stereocenters. The Morgan fingerprint density at radius 2 is 1.86 bits per heavy atom. The molecule has 2 amide bonds. The molecule has 1 atom stereocenters. The summed E-state index contributed by atoms with van der Waals surface area (Å²) in [6, 6.07) is 6.44. The fourth-order valence-corrected chi connectivity index (χ4v) is 2.18. The molecule has 0 bridgehead atoms. The Morgan fingerprint density at radius 3 is 2.33 bits per heavy atom. The third-order valence-electron chi connectivity index (χ3n) is 2.79. The van der Waals surface area contributed by atoms with Crippen molar-refractivity contribution < 1.29 is 23.1 Å². The lowest BCUT2D eigenvalue weighted by Gasteiger charge is -2.21. The summed E-state index contributed by atoms with van der Waals surface area (Å²) in [4.78, 5) is 24.3. The van der Waals surface area contributed by atoms with Crippen LogP contribution in [0.5, 0.6) is 0 Å². The number of hydrogen-bond acceptors (Lipinski definition) is 4. The first-order chi connectivity index (χ1) is 9.70. The van der Waals surface area contributed by atoms with Crippen molar-refractivity contribution in [1.82, 2.24) is 10.2 Å². The Kier molecular flexibility index (Phi) is 5.71. The minimum atomic E-state index is -3.19. The lowest BCUT2D eigenvalue weighted by Crippen LogP contribution is -2.43. The Balaban J connectivity index is 2.72. The summed E-state index contributed by atoms with van der Waals surface area (Å²) >= 11 is 0. The number of urea groups is 1. The van der Waals surface area contributed by atoms with Crippen LogP contribution in [0.25, 0.3) is 0 Å². The van der Waals surface area contributed by atoms with E-state index in [1.54, 1.807) is 30.3 Å². The molecule has 21 heavy (non-hydrogen) atoms. The number of benzene rings is 1. The van der Waals surface area contributed by atoms with Gasteiger partial charge in [-0.1, -0.05) is 30.3 Å². The summed E-state index contributed by atoms with van der Waals surface area (Å²) in [5.41, 5.74) is 0.440. The fraction of sp³-hybridized carbons (Fsp3) is 0.385. The molecule has 0 saturated carbocycles. The molecule has 8 heteroatoms. The van der Waals surface area contributed by atoms with Crippen LogP contribution in [0.15, 0.2) is 30.3 Å². The molecular formula is C13H18N2O5S. The molecule has 0 fully saturated rings. The second-order valence-electron chi connectivity index (χ2n) is 4.68. The quantitative estimate of drug-likeness (QED) is 0.795. The van der Waals surface area contributed by atoms with Crippen molar-refractivity contribution in [3.05, 3.63) is 35.9 Å². The first-order valence-corrected chi connectivity index (χ1v) is 8.24. The van der Waals surface area contributed by atoms with E-state index in [1.165, 1.54) is 7.05 Å². The van der Waals surface area contributed by atoms with Crippen molar-refractivity contribution in [2.24, 2.45) is 0 Å². The molecule has 1 aromatic carbocycles. The first kappa shape index (κ1) is 17.0. The van der Waals surface area contributed by atoms with Crippen LogP contribution in [0.4, 0.5) is 4.79 Å². The highest BCUT2D eigenvalue weighted by atomic mass is 32.2. The van der Waals surface area contributed by atoms with Crippen LogP contribution in [-0.4, -0.2) is 56.0 Å². The van der Waals surface area contributed by atoms with E-state index >= 15 is 0 Å². The highest BCUT2D eigenvalue weighted by Crippen LogP contribution is 2.13. The van der Waals surface area contributed by atoms with Crippen molar-refractivity contribution in [3.8, 4) is 0 Å². The molecule has 0 aliphatic heterocycles. The minimum absolute atomic E-state index is 0.00814. The van der Waals surface area contributed by atoms with Gasteiger partial charge in [0.05, 0.1) is 5.75 Å². The summed E-state index contributed by atoms with van der Waals surface area (Å²) in [7, 11) is -1.78. The Bertz CT molecular complexity index is 600. The van der Waals surface area contributed by atoms with Crippen molar-refractivity contribution in [2.45, 2.75) is 6.04 Å². The molecule has 116 valence electrons. The van der Waals surface area contributed by atoms with Crippen LogP contribution in [0.3, 0.4) is 0 Å². The number of amides is 2. The molecule has 2 N–H and O–H groups in total. The maximum absolute atomic E-state index is 11.9. The van der Waals surface area contributed by atoms with Gasteiger partial charge in [-0.3, -0.25) is 0 Å². The molecule has 0 radical (unpaired) electrons. The van der Waals surface area contributed by atoms with E-state index in [2.05, 4.69) is 5.32 Å². The Labute approximate surface area is 123 Å². The average molecular weight is 314 g/mol. The summed E-state index contributed by atoms with van der Waals surface area (Å²) in [6.07, 6.45) is 1.07. The molecular weight excluding hydrogens is 296 g/mol. The molecule has 0 aliphatic carbocycles. The van der Waals surface area contributed by atoms with Crippen LogP contribution >= 0.6 is 0 Å². The molecule has 0 aromatic heterocycles. The Morgan fingerprint density at radius 1 is 1.29 bits per heavy atom. The number of nitrogens with zero attached hydrogens (tertiary/aromatic N) is 1. The summed E-state index contributed by atoms with van der Waals surface area (Å²) in [5.74, 6) is -1.37. The topological polar surface area (TPSA) is 104 Å². The van der Waals surface area contributed by atoms with Gasteiger partial charge in [0.25, 0.3) is 0 Å². The summed E-state index contributed by atoms with van der Waals surface area (Å²) in [6.45, 7) is -0.00814. The number of nitrogens with one attached hydrogen (secondary N) is 1. The van der Waals surface area contributed by atoms with Gasteiger partial charge in [0.2, 0.25) is 0 Å². The van der Waals surface area contributed by atoms with E-state index in [0.717, 1.165) is 11.2 Å². The fourth-order valence-electron chi connectivity index (χ4n) is 1.57. The van der Waals surface area contributed by atoms with Gasteiger partial charge in [-0.05, 0) is 5.56 Å². The first-order valence-electron chi connectivity index (χ1n) is 6.18. The van der Waals surface area contributed by atoms with Crippen LogP contribution in [0.1, 0.15) is 11.6 Å². The van der Waals surface area contributed by atoms with Gasteiger partial charge in [0.15, 0.2) is 6.04 Å². The van der Waals surface area contributed by atoms with E-state index in [9.17, 15) is 23.1 Å². The van der Waals surface area contributed by atoms with Crippen LogP contribution in [0, 0.1) is 0 Å². The van der Waals surface area contributed by atoms with Gasteiger partial charge in [0.1, 0.15) is 9.84 Å². The van der Waals surface area contributed by atoms with Gasteiger partial charge >= 0.3 is 12.0 Å². The van der Waals surface area contributed by atoms with Gasteiger partial charge in [-0.2, -0.15) is 0 Å². The molecule has 7 nitrogen and oxygen atoms in total. The molecule has 0 saturated heterocycles. The summed E-state index contributed by atoms with van der Waals surface area (Å²) < 4.78 is 22.1. The monoisotopic (exact) mass is 314 g/mol. The van der Waals surface area contributed by atoms with Crippen molar-refractivity contribution >= 4 is 21.8 Å². The van der Waals surface area contributed by atoms with Gasteiger partial charge in [-0.25, -0.2) is 18.0 Å². The van der Waals surface area contributed by atoms with Crippen LogP contribution in [0.2, 0.25) is 0 Å². The third-order valence-corrected chi connectivity index (χ3v) is 3.72. The van der Waals surface area contributed by atoms with Crippen LogP contribution in [-0.2, 0) is 14.6 Å². The zero-order chi connectivity index (χ0) is 16.0. The highest BCUT2D eigenvalue weighted by molar-refractivity contribution is 7.90. The highest BCUT2D eigenvalue weighted by Gasteiger charge is 2.23. The van der Waals surface area contributed by atoms with E-state index in [0.29, 0.717) is 5.56 Å². The van der Waals surface area contributed by atoms with Gasteiger partial charge in [0, 0.05) is 19.8 Å².